The molecular weight excluding hydrogens is 782 g/mol. The van der Waals surface area contributed by atoms with Crippen molar-refractivity contribution in [3.8, 4) is 0 Å². The molecule has 3 aromatic rings. The minimum atomic E-state index is -2.62. The van der Waals surface area contributed by atoms with Crippen LogP contribution in [0.4, 0.5) is 14.5 Å². The minimum Gasteiger partial charge on any atom is -0.460 e. The second kappa shape index (κ2) is 16.0. The number of benzene rings is 2. The van der Waals surface area contributed by atoms with Crippen molar-refractivity contribution >= 4 is 45.9 Å². The molecule has 4 aliphatic carbocycles. The molecule has 3 saturated carbocycles. The molecule has 318 valence electrons. The average Bonchev–Trinajstić information content (AvgIpc) is 3.42. The molecule has 1 heterocycles. The summed E-state index contributed by atoms with van der Waals surface area (Å²) in [7, 11) is 0. The van der Waals surface area contributed by atoms with E-state index in [9.17, 15) is 39.3 Å². The number of carbonyl (C=O) groups excluding carboxylic acids is 5. The zero-order valence-corrected chi connectivity index (χ0v) is 33.1. The number of anilines is 1. The van der Waals surface area contributed by atoms with Crippen molar-refractivity contribution in [3.63, 3.8) is 0 Å². The number of hydrogen-bond acceptors (Lipinski definition) is 13. The summed E-state index contributed by atoms with van der Waals surface area (Å²) in [6, 6.07) is 12.4. The van der Waals surface area contributed by atoms with Crippen molar-refractivity contribution in [2.75, 3.05) is 18.5 Å². The summed E-state index contributed by atoms with van der Waals surface area (Å²) in [4.78, 5) is 68.4. The number of nitrogens with one attached hydrogen (secondary N) is 1. The predicted molar refractivity (Wildman–Crippen MR) is 212 cm³/mol. The van der Waals surface area contributed by atoms with Crippen molar-refractivity contribution in [1.82, 2.24) is 4.98 Å². The molecular formula is C44H48F2N4O10. The maximum Gasteiger partial charge on any atom is 0.323 e. The van der Waals surface area contributed by atoms with E-state index < -0.39 is 114 Å². The number of pyridine rings is 1. The van der Waals surface area contributed by atoms with Crippen molar-refractivity contribution in [2.45, 2.75) is 87.7 Å². The smallest absolute Gasteiger partial charge is 0.323 e. The number of halogens is 2. The summed E-state index contributed by atoms with van der Waals surface area (Å²) < 4.78 is 43.4. The maximum absolute atomic E-state index is 17.4. The first kappa shape index (κ1) is 42.8. The van der Waals surface area contributed by atoms with Crippen molar-refractivity contribution in [1.29, 1.82) is 0 Å². The first-order valence-corrected chi connectivity index (χ1v) is 19.8. The lowest BCUT2D eigenvalue weighted by molar-refractivity contribution is -0.226. The Morgan fingerprint density at radius 1 is 1.00 bits per heavy atom. The second-order valence-corrected chi connectivity index (χ2v) is 16.8. The van der Waals surface area contributed by atoms with Gasteiger partial charge in [0.05, 0.1) is 24.5 Å². The highest BCUT2D eigenvalue weighted by Crippen LogP contribution is 2.70. The number of hydrogen-bond donors (Lipinski definition) is 6. The van der Waals surface area contributed by atoms with Gasteiger partial charge in [-0.15, -0.1) is 0 Å². The summed E-state index contributed by atoms with van der Waals surface area (Å²) in [5.41, 5.74) is 5.05. The Labute approximate surface area is 344 Å². The van der Waals surface area contributed by atoms with E-state index in [-0.39, 0.29) is 31.1 Å². The molecule has 0 aliphatic heterocycles. The number of carbonyl (C=O) groups is 5. The van der Waals surface area contributed by atoms with Gasteiger partial charge in [0.15, 0.2) is 23.7 Å². The number of aliphatic hydroxyl groups excluding tert-OH is 2. The van der Waals surface area contributed by atoms with Gasteiger partial charge in [0.1, 0.15) is 18.8 Å². The zero-order chi connectivity index (χ0) is 43.4. The Balaban J connectivity index is 0.916. The molecule has 3 fully saturated rings. The van der Waals surface area contributed by atoms with Crippen LogP contribution in [-0.2, 0) is 40.1 Å². The van der Waals surface area contributed by atoms with Gasteiger partial charge >= 0.3 is 11.9 Å². The summed E-state index contributed by atoms with van der Waals surface area (Å²) in [6.07, 6.45) is -0.567. The van der Waals surface area contributed by atoms with Crippen LogP contribution in [-0.4, -0.2) is 98.6 Å². The zero-order valence-electron chi connectivity index (χ0n) is 33.1. The number of aromatic nitrogens is 1. The summed E-state index contributed by atoms with van der Waals surface area (Å²) in [6.45, 7) is 1.57. The number of esters is 2. The van der Waals surface area contributed by atoms with Gasteiger partial charge in [-0.1, -0.05) is 43.3 Å². The third-order valence-electron chi connectivity index (χ3n) is 13.6. The van der Waals surface area contributed by atoms with E-state index in [1.165, 1.54) is 19.9 Å². The van der Waals surface area contributed by atoms with Gasteiger partial charge in [0.2, 0.25) is 11.7 Å². The van der Waals surface area contributed by atoms with Crippen molar-refractivity contribution in [3.05, 3.63) is 95.9 Å². The molecule has 0 bridgehead atoms. The Hall–Kier alpha value is -5.26. The number of aliphatic hydroxyl groups is 3. The summed E-state index contributed by atoms with van der Waals surface area (Å²) in [5.74, 6) is -6.93. The summed E-state index contributed by atoms with van der Waals surface area (Å²) >= 11 is 0. The predicted octanol–water partition coefficient (Wildman–Crippen LogP) is 2.81. The lowest BCUT2D eigenvalue weighted by Crippen LogP contribution is -2.71. The number of fused-ring (bicyclic) bond motifs is 6. The number of allylic oxidation sites excluding steroid dienone is 4. The third kappa shape index (κ3) is 7.03. The van der Waals surface area contributed by atoms with Gasteiger partial charge in [0, 0.05) is 46.8 Å². The normalized spacial score (nSPS) is 32.8. The Morgan fingerprint density at radius 2 is 1.73 bits per heavy atom. The SMILES string of the molecule is C[C@]12C=CC(=O)C=C1[C@@H](F)C[C@H]1[C@@H]3C[C@@H](O)[C@](O)(C(=O)COC(=O)C[C@@H](N)C(=O)OCc4ccc([C@@H](CN)C(=O)Nc5ccc6cnccc6c5)cc4)[C@@]3(C)C[C@H](O)[C@@]12F. The Kier molecular flexibility index (Phi) is 11.4. The molecule has 14 nitrogen and oxygen atoms in total. The fourth-order valence-corrected chi connectivity index (χ4v) is 10.2. The molecule has 0 unspecified atom stereocenters. The van der Waals surface area contributed by atoms with E-state index in [0.717, 1.165) is 22.9 Å². The number of nitrogens with two attached hydrogens (primary N) is 2. The molecule has 1 amide bonds. The first-order chi connectivity index (χ1) is 28.4. The fourth-order valence-electron chi connectivity index (χ4n) is 10.2. The number of amides is 1. The quantitative estimate of drug-likeness (QED) is 0.144. The maximum atomic E-state index is 17.4. The van der Waals surface area contributed by atoms with Crippen LogP contribution < -0.4 is 16.8 Å². The largest absolute Gasteiger partial charge is 0.460 e. The number of rotatable bonds is 12. The Bertz CT molecular complexity index is 2290. The van der Waals surface area contributed by atoms with Crippen LogP contribution in [0.25, 0.3) is 10.8 Å². The highest BCUT2D eigenvalue weighted by molar-refractivity contribution is 6.01. The van der Waals surface area contributed by atoms with Gasteiger partial charge in [-0.3, -0.25) is 29.0 Å². The molecule has 0 radical (unpaired) electrons. The third-order valence-corrected chi connectivity index (χ3v) is 13.6. The molecule has 11 atom stereocenters. The van der Waals surface area contributed by atoms with Crippen LogP contribution in [0.5, 0.6) is 0 Å². The van der Waals surface area contributed by atoms with Crippen LogP contribution in [0.2, 0.25) is 0 Å². The molecule has 1 aromatic heterocycles. The lowest BCUT2D eigenvalue weighted by atomic mass is 9.44. The molecule has 16 heteroatoms. The van der Waals surface area contributed by atoms with Crippen LogP contribution >= 0.6 is 0 Å². The van der Waals surface area contributed by atoms with E-state index in [1.54, 1.807) is 42.7 Å². The van der Waals surface area contributed by atoms with E-state index in [0.29, 0.717) is 16.8 Å². The molecule has 2 aromatic carbocycles. The van der Waals surface area contributed by atoms with E-state index >= 15 is 8.78 Å². The van der Waals surface area contributed by atoms with Gasteiger partial charge in [0.25, 0.3) is 0 Å². The van der Waals surface area contributed by atoms with Crippen LogP contribution in [0.15, 0.2) is 84.7 Å². The molecule has 0 spiro atoms. The minimum absolute atomic E-state index is 0.0270. The fraction of sp³-hybridized carbons (Fsp3) is 0.455. The Morgan fingerprint density at radius 3 is 2.45 bits per heavy atom. The van der Waals surface area contributed by atoms with E-state index in [2.05, 4.69) is 10.3 Å². The molecule has 60 heavy (non-hydrogen) atoms. The molecule has 8 N–H and O–H groups in total. The average molecular weight is 831 g/mol. The van der Waals surface area contributed by atoms with Crippen LogP contribution in [0.1, 0.15) is 56.6 Å². The van der Waals surface area contributed by atoms with Crippen LogP contribution in [0.3, 0.4) is 0 Å². The van der Waals surface area contributed by atoms with Crippen molar-refractivity contribution in [2.24, 2.45) is 34.1 Å². The highest BCUT2D eigenvalue weighted by atomic mass is 19.1. The number of alkyl halides is 2. The molecule has 7 rings (SSSR count). The van der Waals surface area contributed by atoms with E-state index in [4.69, 9.17) is 20.9 Å². The standard InChI is InChI=1S/C44H48F2N4O10/c1-41-11-9-28(51)14-32(41)33(45)15-31-30-16-35(52)44(58,42(30,2)18-36(53)43(31,41)46)37(54)22-59-38(55)17-34(48)40(57)60-21-23-3-5-24(6-4-23)29(19-47)39(56)50-27-8-7-26-20-49-12-10-25(26)13-27/h3-14,20,29-31,33-36,52-53,58H,15-19,21-22,47-48H2,1-2H3,(H,50,56)/t29-,30+,31+,33+,34-,35-,36+,41+,42+,43+,44+/m1/s1. The number of Topliss-reactive ketones (excluding diaryl/α,β-unsaturated/α-hetero) is 1. The number of nitrogens with zero attached hydrogens (tertiary/aromatic N) is 1. The van der Waals surface area contributed by atoms with Crippen LogP contribution in [0, 0.1) is 22.7 Å². The van der Waals surface area contributed by atoms with Gasteiger partial charge in [-0.2, -0.15) is 0 Å². The van der Waals surface area contributed by atoms with Gasteiger partial charge in [-0.25, -0.2) is 8.78 Å². The van der Waals surface area contributed by atoms with Crippen molar-refractivity contribution < 1.29 is 57.5 Å². The molecule has 0 saturated heterocycles. The van der Waals surface area contributed by atoms with Gasteiger partial charge in [-0.05, 0) is 84.5 Å². The monoisotopic (exact) mass is 830 g/mol. The topological polar surface area (TPSA) is 241 Å². The molecule has 4 aliphatic rings. The lowest BCUT2D eigenvalue weighted by Gasteiger charge is -2.62. The highest BCUT2D eigenvalue weighted by Gasteiger charge is 2.77. The number of ketones is 2. The first-order valence-electron chi connectivity index (χ1n) is 19.8. The van der Waals surface area contributed by atoms with Gasteiger partial charge < -0.3 is 41.6 Å². The number of ether oxygens (including phenoxy) is 2. The second-order valence-electron chi connectivity index (χ2n) is 16.8. The summed E-state index contributed by atoms with van der Waals surface area (Å²) in [5, 5.41) is 39.3. The van der Waals surface area contributed by atoms with E-state index in [1.807, 2.05) is 18.2 Å².